The first-order chi connectivity index (χ1) is 8.92. The maximum absolute atomic E-state index is 3.49. The van der Waals surface area contributed by atoms with Gasteiger partial charge in [0, 0.05) is 38.8 Å². The van der Waals surface area contributed by atoms with Crippen LogP contribution in [-0.4, -0.2) is 61.7 Å². The monoisotopic (exact) mass is 251 g/mol. The van der Waals surface area contributed by atoms with E-state index < -0.39 is 0 Å². The van der Waals surface area contributed by atoms with Gasteiger partial charge in [0.25, 0.3) is 0 Å². The van der Waals surface area contributed by atoms with Crippen LogP contribution in [0.1, 0.15) is 38.5 Å². The van der Waals surface area contributed by atoms with Crippen molar-refractivity contribution in [2.45, 2.75) is 44.6 Å². The van der Waals surface area contributed by atoms with Gasteiger partial charge in [0.1, 0.15) is 0 Å². The summed E-state index contributed by atoms with van der Waals surface area (Å²) >= 11 is 0. The molecule has 3 nitrogen and oxygen atoms in total. The van der Waals surface area contributed by atoms with E-state index in [0.717, 1.165) is 12.0 Å². The lowest BCUT2D eigenvalue weighted by molar-refractivity contribution is 0.0985. The average Bonchev–Trinajstić information content (AvgIpc) is 3.10. The molecule has 1 unspecified atom stereocenters. The molecule has 3 aliphatic rings. The lowest BCUT2D eigenvalue weighted by atomic mass is 10.0. The smallest absolute Gasteiger partial charge is 0.0233 e. The third-order valence-corrected chi connectivity index (χ3v) is 5.29. The minimum Gasteiger partial charge on any atom is -0.315 e. The Labute approximate surface area is 112 Å². The van der Waals surface area contributed by atoms with Crippen LogP contribution >= 0.6 is 0 Å². The highest BCUT2D eigenvalue weighted by atomic mass is 15.3. The highest BCUT2D eigenvalue weighted by Gasteiger charge is 2.26. The first-order valence-corrected chi connectivity index (χ1v) is 8.09. The van der Waals surface area contributed by atoms with Crippen molar-refractivity contribution in [3.05, 3.63) is 0 Å². The van der Waals surface area contributed by atoms with E-state index in [1.54, 1.807) is 0 Å². The van der Waals surface area contributed by atoms with Crippen LogP contribution in [0.4, 0.5) is 0 Å². The Hall–Kier alpha value is -0.120. The predicted molar refractivity (Wildman–Crippen MR) is 75.9 cm³/mol. The number of nitrogens with zero attached hydrogens (tertiary/aromatic N) is 2. The quantitative estimate of drug-likeness (QED) is 0.818. The van der Waals surface area contributed by atoms with Crippen LogP contribution in [0, 0.1) is 5.92 Å². The van der Waals surface area contributed by atoms with E-state index in [1.165, 1.54) is 84.3 Å². The second kappa shape index (κ2) is 6.36. The van der Waals surface area contributed by atoms with E-state index >= 15 is 0 Å². The summed E-state index contributed by atoms with van der Waals surface area (Å²) in [5, 5.41) is 3.49. The number of hydrogen-bond acceptors (Lipinski definition) is 3. The van der Waals surface area contributed by atoms with Gasteiger partial charge in [-0.2, -0.15) is 0 Å². The molecule has 0 aromatic heterocycles. The zero-order chi connectivity index (χ0) is 12.2. The zero-order valence-electron chi connectivity index (χ0n) is 11.7. The van der Waals surface area contributed by atoms with E-state index in [-0.39, 0.29) is 0 Å². The second-order valence-corrected chi connectivity index (χ2v) is 6.46. The molecule has 1 atom stereocenters. The topological polar surface area (TPSA) is 18.5 Å². The molecule has 0 bridgehead atoms. The SMILES string of the molecule is C1CCC(CCN2CCN(C3CCNC3)CC2)C1. The van der Waals surface area contributed by atoms with Gasteiger partial charge in [-0.3, -0.25) is 4.90 Å². The van der Waals surface area contributed by atoms with Crippen molar-refractivity contribution >= 4 is 0 Å². The van der Waals surface area contributed by atoms with Crippen molar-refractivity contribution in [2.75, 3.05) is 45.8 Å². The van der Waals surface area contributed by atoms with Gasteiger partial charge in [-0.05, 0) is 31.8 Å². The molecular formula is C15H29N3. The summed E-state index contributed by atoms with van der Waals surface area (Å²) in [6.45, 7) is 9.04. The molecule has 3 fully saturated rings. The lowest BCUT2D eigenvalue weighted by Gasteiger charge is -2.38. The van der Waals surface area contributed by atoms with E-state index in [1.807, 2.05) is 0 Å². The summed E-state index contributed by atoms with van der Waals surface area (Å²) in [4.78, 5) is 5.42. The largest absolute Gasteiger partial charge is 0.315 e. The van der Waals surface area contributed by atoms with Crippen LogP contribution in [-0.2, 0) is 0 Å². The van der Waals surface area contributed by atoms with E-state index in [2.05, 4.69) is 15.1 Å². The van der Waals surface area contributed by atoms with Gasteiger partial charge in [-0.15, -0.1) is 0 Å². The molecule has 2 saturated heterocycles. The third kappa shape index (κ3) is 3.25. The molecule has 1 aliphatic carbocycles. The Balaban J connectivity index is 1.34. The minimum atomic E-state index is 0.835. The molecule has 3 heteroatoms. The van der Waals surface area contributed by atoms with Crippen molar-refractivity contribution in [3.8, 4) is 0 Å². The summed E-state index contributed by atoms with van der Waals surface area (Å²) in [7, 11) is 0. The summed E-state index contributed by atoms with van der Waals surface area (Å²) in [6, 6.07) is 0.835. The van der Waals surface area contributed by atoms with Crippen molar-refractivity contribution in [1.82, 2.24) is 15.1 Å². The molecule has 2 aliphatic heterocycles. The van der Waals surface area contributed by atoms with E-state index in [0.29, 0.717) is 0 Å². The van der Waals surface area contributed by atoms with Crippen molar-refractivity contribution in [2.24, 2.45) is 5.92 Å². The van der Waals surface area contributed by atoms with Gasteiger partial charge >= 0.3 is 0 Å². The molecule has 104 valence electrons. The first kappa shape index (κ1) is 12.9. The highest BCUT2D eigenvalue weighted by molar-refractivity contribution is 4.84. The standard InChI is InChI=1S/C15H29N3/c1-2-4-14(3-1)6-8-17-9-11-18(12-10-17)15-5-7-16-13-15/h14-16H,1-13H2. The zero-order valence-corrected chi connectivity index (χ0v) is 11.7. The van der Waals surface area contributed by atoms with Crippen LogP contribution in [0.2, 0.25) is 0 Å². The lowest BCUT2D eigenvalue weighted by Crippen LogP contribution is -2.51. The number of rotatable bonds is 4. The number of nitrogens with one attached hydrogen (secondary N) is 1. The molecule has 0 radical (unpaired) electrons. The van der Waals surface area contributed by atoms with Crippen molar-refractivity contribution in [3.63, 3.8) is 0 Å². The van der Waals surface area contributed by atoms with Gasteiger partial charge in [0.05, 0.1) is 0 Å². The summed E-state index contributed by atoms with van der Waals surface area (Å²) in [5.74, 6) is 1.06. The molecule has 3 rings (SSSR count). The van der Waals surface area contributed by atoms with Crippen LogP contribution in [0.15, 0.2) is 0 Å². The highest BCUT2D eigenvalue weighted by Crippen LogP contribution is 2.27. The fourth-order valence-electron chi connectivity index (χ4n) is 3.97. The van der Waals surface area contributed by atoms with Crippen LogP contribution in [0.3, 0.4) is 0 Å². The minimum absolute atomic E-state index is 0.835. The summed E-state index contributed by atoms with van der Waals surface area (Å²) in [5.41, 5.74) is 0. The van der Waals surface area contributed by atoms with Crippen LogP contribution < -0.4 is 5.32 Å². The first-order valence-electron chi connectivity index (χ1n) is 8.09. The summed E-state index contributed by atoms with van der Waals surface area (Å²) < 4.78 is 0. The molecule has 0 amide bonds. The van der Waals surface area contributed by atoms with E-state index in [4.69, 9.17) is 0 Å². The molecule has 2 heterocycles. The Bertz CT molecular complexity index is 236. The maximum Gasteiger partial charge on any atom is 0.0233 e. The Kier molecular flexibility index (Phi) is 4.55. The molecule has 0 aromatic rings. The van der Waals surface area contributed by atoms with Crippen LogP contribution in [0.25, 0.3) is 0 Å². The molecule has 1 saturated carbocycles. The molecule has 1 N–H and O–H groups in total. The molecule has 0 aromatic carbocycles. The molecular weight excluding hydrogens is 222 g/mol. The average molecular weight is 251 g/mol. The second-order valence-electron chi connectivity index (χ2n) is 6.46. The molecule has 18 heavy (non-hydrogen) atoms. The number of hydrogen-bond donors (Lipinski definition) is 1. The summed E-state index contributed by atoms with van der Waals surface area (Å²) in [6.07, 6.45) is 8.83. The Morgan fingerprint density at radius 3 is 2.39 bits per heavy atom. The van der Waals surface area contributed by atoms with Gasteiger partial charge < -0.3 is 10.2 Å². The van der Waals surface area contributed by atoms with Gasteiger partial charge in [-0.1, -0.05) is 25.7 Å². The van der Waals surface area contributed by atoms with Crippen LogP contribution in [0.5, 0.6) is 0 Å². The van der Waals surface area contributed by atoms with Gasteiger partial charge in [0.2, 0.25) is 0 Å². The van der Waals surface area contributed by atoms with Gasteiger partial charge in [0.15, 0.2) is 0 Å². The van der Waals surface area contributed by atoms with Crippen molar-refractivity contribution < 1.29 is 0 Å². The normalized spacial score (nSPS) is 32.3. The maximum atomic E-state index is 3.49. The third-order valence-electron chi connectivity index (χ3n) is 5.29. The predicted octanol–water partition coefficient (Wildman–Crippen LogP) is 1.55. The fourth-order valence-corrected chi connectivity index (χ4v) is 3.97. The fraction of sp³-hybridized carbons (Fsp3) is 1.00. The van der Waals surface area contributed by atoms with Crippen molar-refractivity contribution in [1.29, 1.82) is 0 Å². The van der Waals surface area contributed by atoms with Gasteiger partial charge in [-0.25, -0.2) is 0 Å². The molecule has 0 spiro atoms. The number of piperazine rings is 1. The Morgan fingerprint density at radius 2 is 1.72 bits per heavy atom. The Morgan fingerprint density at radius 1 is 0.944 bits per heavy atom. The van der Waals surface area contributed by atoms with E-state index in [9.17, 15) is 0 Å².